The van der Waals surface area contributed by atoms with E-state index >= 15 is 0 Å². The Labute approximate surface area is 124 Å². The molecule has 2 N–H and O–H groups in total. The van der Waals surface area contributed by atoms with Crippen LogP contribution >= 0.6 is 11.8 Å². The number of rotatable bonds is 4. The lowest BCUT2D eigenvalue weighted by Crippen LogP contribution is -2.46. The van der Waals surface area contributed by atoms with E-state index in [0.717, 1.165) is 31.8 Å². The molecular formula is C14H24N4OS. The maximum Gasteiger partial charge on any atom is 0.141 e. The molecule has 0 aliphatic carbocycles. The molecule has 2 aliphatic rings. The lowest BCUT2D eigenvalue weighted by molar-refractivity contribution is -0.107. The summed E-state index contributed by atoms with van der Waals surface area (Å²) in [6, 6.07) is 0.276. The van der Waals surface area contributed by atoms with Gasteiger partial charge in [-0.15, -0.1) is 0 Å². The van der Waals surface area contributed by atoms with Gasteiger partial charge in [0.15, 0.2) is 0 Å². The summed E-state index contributed by atoms with van der Waals surface area (Å²) in [5, 5.41) is 10.6. The van der Waals surface area contributed by atoms with Gasteiger partial charge >= 0.3 is 0 Å². The predicted octanol–water partition coefficient (Wildman–Crippen LogP) is 2.15. The number of ether oxygens (including phenoxy) is 1. The SMILES string of the molecule is CCNC(c1ncn[nH]1)C1CCOC2(CCSCC2)C1. The fourth-order valence-corrected chi connectivity index (χ4v) is 4.75. The van der Waals surface area contributed by atoms with Crippen molar-refractivity contribution in [2.45, 2.75) is 44.2 Å². The Morgan fingerprint density at radius 2 is 2.40 bits per heavy atom. The minimum absolute atomic E-state index is 0.127. The number of aromatic nitrogens is 3. The first kappa shape index (κ1) is 14.4. The van der Waals surface area contributed by atoms with Gasteiger partial charge in [0, 0.05) is 6.61 Å². The van der Waals surface area contributed by atoms with E-state index in [4.69, 9.17) is 4.74 Å². The molecule has 2 saturated heterocycles. The Kier molecular flexibility index (Phi) is 4.63. The summed E-state index contributed by atoms with van der Waals surface area (Å²) in [4.78, 5) is 4.37. The Hall–Kier alpha value is -0.590. The van der Waals surface area contributed by atoms with E-state index in [2.05, 4.69) is 39.2 Å². The molecule has 2 aliphatic heterocycles. The Morgan fingerprint density at radius 3 is 3.10 bits per heavy atom. The van der Waals surface area contributed by atoms with Crippen LogP contribution in [0.5, 0.6) is 0 Å². The van der Waals surface area contributed by atoms with Crippen molar-refractivity contribution in [2.24, 2.45) is 5.92 Å². The molecule has 2 unspecified atom stereocenters. The van der Waals surface area contributed by atoms with Crippen LogP contribution in [-0.4, -0.2) is 45.4 Å². The van der Waals surface area contributed by atoms with Gasteiger partial charge in [0.25, 0.3) is 0 Å². The van der Waals surface area contributed by atoms with Crippen molar-refractivity contribution in [2.75, 3.05) is 24.7 Å². The van der Waals surface area contributed by atoms with Gasteiger partial charge in [0.2, 0.25) is 0 Å². The third-order valence-electron chi connectivity index (χ3n) is 4.56. The summed E-state index contributed by atoms with van der Waals surface area (Å²) < 4.78 is 6.19. The molecule has 0 bridgehead atoms. The molecule has 3 heterocycles. The third-order valence-corrected chi connectivity index (χ3v) is 5.54. The van der Waals surface area contributed by atoms with Crippen LogP contribution < -0.4 is 5.32 Å². The quantitative estimate of drug-likeness (QED) is 0.891. The first-order chi connectivity index (χ1) is 9.83. The summed E-state index contributed by atoms with van der Waals surface area (Å²) >= 11 is 2.06. The Balaban J connectivity index is 1.73. The normalized spacial score (nSPS) is 27.6. The number of nitrogens with one attached hydrogen (secondary N) is 2. The van der Waals surface area contributed by atoms with Crippen LogP contribution in [0.25, 0.3) is 0 Å². The van der Waals surface area contributed by atoms with Crippen molar-refractivity contribution >= 4 is 11.8 Å². The van der Waals surface area contributed by atoms with Gasteiger partial charge in [-0.2, -0.15) is 16.9 Å². The molecule has 2 fully saturated rings. The van der Waals surface area contributed by atoms with Gasteiger partial charge in [0.05, 0.1) is 11.6 Å². The third kappa shape index (κ3) is 3.02. The first-order valence-electron chi connectivity index (χ1n) is 7.63. The molecular weight excluding hydrogens is 272 g/mol. The molecule has 0 radical (unpaired) electrons. The molecule has 1 spiro atoms. The second kappa shape index (κ2) is 6.45. The van der Waals surface area contributed by atoms with Crippen molar-refractivity contribution in [3.8, 4) is 0 Å². The van der Waals surface area contributed by atoms with Crippen molar-refractivity contribution in [3.05, 3.63) is 12.2 Å². The van der Waals surface area contributed by atoms with Gasteiger partial charge in [-0.3, -0.25) is 5.10 Å². The average molecular weight is 296 g/mol. The van der Waals surface area contributed by atoms with Crippen molar-refractivity contribution in [1.29, 1.82) is 0 Å². The van der Waals surface area contributed by atoms with Gasteiger partial charge in [0.1, 0.15) is 12.2 Å². The molecule has 2 atom stereocenters. The van der Waals surface area contributed by atoms with E-state index in [9.17, 15) is 0 Å². The molecule has 1 aromatic heterocycles. The molecule has 1 aromatic rings. The van der Waals surface area contributed by atoms with Crippen molar-refractivity contribution < 1.29 is 4.74 Å². The van der Waals surface area contributed by atoms with Crippen LogP contribution in [0.15, 0.2) is 6.33 Å². The van der Waals surface area contributed by atoms with Crippen LogP contribution in [-0.2, 0) is 4.74 Å². The highest BCUT2D eigenvalue weighted by molar-refractivity contribution is 7.99. The minimum atomic E-state index is 0.127. The van der Waals surface area contributed by atoms with E-state index in [0.29, 0.717) is 5.92 Å². The van der Waals surface area contributed by atoms with Crippen molar-refractivity contribution in [3.63, 3.8) is 0 Å². The molecule has 0 aromatic carbocycles. The van der Waals surface area contributed by atoms with E-state index in [1.807, 2.05) is 0 Å². The summed E-state index contributed by atoms with van der Waals surface area (Å²) in [7, 11) is 0. The molecule has 3 rings (SSSR count). The number of thioether (sulfide) groups is 1. The van der Waals surface area contributed by atoms with Crippen LogP contribution in [0.2, 0.25) is 0 Å². The van der Waals surface area contributed by atoms with Crippen LogP contribution in [0.4, 0.5) is 0 Å². The fraction of sp³-hybridized carbons (Fsp3) is 0.857. The summed E-state index contributed by atoms with van der Waals surface area (Å²) in [6.07, 6.45) is 6.25. The number of hydrogen-bond acceptors (Lipinski definition) is 5. The van der Waals surface area contributed by atoms with E-state index < -0.39 is 0 Å². The standard InChI is InChI=1S/C14H24N4OS/c1-2-15-12(13-16-10-17-18-13)11-3-6-19-14(9-11)4-7-20-8-5-14/h10-12,15H,2-9H2,1H3,(H,16,17,18). The summed E-state index contributed by atoms with van der Waals surface area (Å²) in [6.45, 7) is 3.98. The van der Waals surface area contributed by atoms with Gasteiger partial charge in [-0.1, -0.05) is 6.92 Å². The zero-order valence-corrected chi connectivity index (χ0v) is 12.9. The van der Waals surface area contributed by atoms with E-state index in [1.54, 1.807) is 6.33 Å². The molecule has 0 saturated carbocycles. The van der Waals surface area contributed by atoms with Gasteiger partial charge in [-0.05, 0) is 49.7 Å². The lowest BCUT2D eigenvalue weighted by atomic mass is 9.78. The average Bonchev–Trinajstić information content (AvgIpc) is 2.99. The smallest absolute Gasteiger partial charge is 0.141 e. The molecule has 0 amide bonds. The highest BCUT2D eigenvalue weighted by atomic mass is 32.2. The number of hydrogen-bond donors (Lipinski definition) is 2. The zero-order chi connectivity index (χ0) is 13.8. The van der Waals surface area contributed by atoms with E-state index in [1.165, 1.54) is 24.3 Å². The van der Waals surface area contributed by atoms with Crippen LogP contribution in [0, 0.1) is 5.92 Å². The topological polar surface area (TPSA) is 62.8 Å². The summed E-state index contributed by atoms with van der Waals surface area (Å²) in [5.74, 6) is 4.03. The highest BCUT2D eigenvalue weighted by Crippen LogP contribution is 2.43. The monoisotopic (exact) mass is 296 g/mol. The first-order valence-corrected chi connectivity index (χ1v) is 8.79. The number of aromatic amines is 1. The van der Waals surface area contributed by atoms with Crippen LogP contribution in [0.1, 0.15) is 44.5 Å². The molecule has 20 heavy (non-hydrogen) atoms. The summed E-state index contributed by atoms with van der Waals surface area (Å²) in [5.41, 5.74) is 0.127. The second-order valence-corrected chi connectivity index (χ2v) is 7.03. The predicted molar refractivity (Wildman–Crippen MR) is 80.8 cm³/mol. The van der Waals surface area contributed by atoms with Gasteiger partial charge in [-0.25, -0.2) is 4.98 Å². The van der Waals surface area contributed by atoms with E-state index in [-0.39, 0.29) is 11.6 Å². The Bertz CT molecular complexity index is 400. The molecule has 6 heteroatoms. The van der Waals surface area contributed by atoms with Gasteiger partial charge < -0.3 is 10.1 Å². The number of H-pyrrole nitrogens is 1. The molecule has 5 nitrogen and oxygen atoms in total. The largest absolute Gasteiger partial charge is 0.375 e. The maximum atomic E-state index is 6.19. The minimum Gasteiger partial charge on any atom is -0.375 e. The Morgan fingerprint density at radius 1 is 1.55 bits per heavy atom. The van der Waals surface area contributed by atoms with Crippen molar-refractivity contribution in [1.82, 2.24) is 20.5 Å². The number of nitrogens with zero attached hydrogens (tertiary/aromatic N) is 2. The molecule has 112 valence electrons. The lowest BCUT2D eigenvalue weighted by Gasteiger charge is -2.45. The highest BCUT2D eigenvalue weighted by Gasteiger charge is 2.41. The zero-order valence-electron chi connectivity index (χ0n) is 12.1. The fourth-order valence-electron chi connectivity index (χ4n) is 3.51. The van der Waals surface area contributed by atoms with Crippen LogP contribution in [0.3, 0.4) is 0 Å². The second-order valence-electron chi connectivity index (χ2n) is 5.80. The maximum absolute atomic E-state index is 6.19.